The predicted molar refractivity (Wildman–Crippen MR) is 110 cm³/mol. The van der Waals surface area contributed by atoms with Crippen LogP contribution < -0.4 is 5.32 Å². The third-order valence-corrected chi connectivity index (χ3v) is 6.34. The normalized spacial score (nSPS) is 16.6. The van der Waals surface area contributed by atoms with Crippen LogP contribution in [0.2, 0.25) is 0 Å². The molecule has 1 aromatic carbocycles. The van der Waals surface area contributed by atoms with Gasteiger partial charge in [-0.2, -0.15) is 0 Å². The van der Waals surface area contributed by atoms with Crippen molar-refractivity contribution in [3.8, 4) is 0 Å². The molecule has 0 atom stereocenters. The van der Waals surface area contributed by atoms with Crippen LogP contribution in [0.3, 0.4) is 0 Å². The lowest BCUT2D eigenvalue weighted by molar-refractivity contribution is -0.146. The lowest BCUT2D eigenvalue weighted by Crippen LogP contribution is -2.54. The molecule has 2 heterocycles. The van der Waals surface area contributed by atoms with E-state index in [0.29, 0.717) is 37.5 Å². The molecule has 2 fully saturated rings. The average molecular weight is 413 g/mol. The molecule has 0 radical (unpaired) electrons. The molecule has 4 rings (SSSR count). The van der Waals surface area contributed by atoms with Gasteiger partial charge in [-0.25, -0.2) is 4.98 Å². The summed E-state index contributed by atoms with van der Waals surface area (Å²) in [6.07, 6.45) is 2.60. The molecule has 1 saturated heterocycles. The van der Waals surface area contributed by atoms with Gasteiger partial charge in [0.05, 0.1) is 10.7 Å². The van der Waals surface area contributed by atoms with E-state index in [0.717, 1.165) is 29.1 Å². The first kappa shape index (κ1) is 19.6. The van der Waals surface area contributed by atoms with Crippen molar-refractivity contribution in [1.29, 1.82) is 0 Å². The summed E-state index contributed by atoms with van der Waals surface area (Å²) in [6.45, 7) is 3.45. The molecule has 1 saturated carbocycles. The van der Waals surface area contributed by atoms with Crippen molar-refractivity contribution in [3.63, 3.8) is 0 Å². The van der Waals surface area contributed by atoms with Crippen LogP contribution in [-0.2, 0) is 16.0 Å². The van der Waals surface area contributed by atoms with Gasteiger partial charge < -0.3 is 15.1 Å². The molecule has 0 bridgehead atoms. The number of carbonyl (C=O) groups excluding carboxylic acids is 3. The van der Waals surface area contributed by atoms with Crippen LogP contribution in [0.15, 0.2) is 30.3 Å². The number of rotatable bonds is 4. The Morgan fingerprint density at radius 3 is 2.38 bits per heavy atom. The summed E-state index contributed by atoms with van der Waals surface area (Å²) in [5, 5.41) is 3.64. The smallest absolute Gasteiger partial charge is 0.312 e. The predicted octanol–water partition coefficient (Wildman–Crippen LogP) is 1.61. The number of aromatic nitrogens is 1. The van der Waals surface area contributed by atoms with Gasteiger partial charge in [0.2, 0.25) is 0 Å². The molecule has 3 amide bonds. The highest BCUT2D eigenvalue weighted by molar-refractivity contribution is 7.13. The fourth-order valence-electron chi connectivity index (χ4n) is 3.37. The first-order valence-corrected chi connectivity index (χ1v) is 10.7. The van der Waals surface area contributed by atoms with E-state index in [2.05, 4.69) is 10.3 Å². The fourth-order valence-corrected chi connectivity index (χ4v) is 4.44. The zero-order valence-electron chi connectivity index (χ0n) is 16.4. The van der Waals surface area contributed by atoms with Gasteiger partial charge in [-0.1, -0.05) is 30.3 Å². The third-order valence-electron chi connectivity index (χ3n) is 5.19. The molecule has 2 aromatic rings. The molecule has 1 N–H and O–H groups in total. The van der Waals surface area contributed by atoms with Crippen LogP contribution in [0.25, 0.3) is 0 Å². The maximum Gasteiger partial charge on any atom is 0.312 e. The quantitative estimate of drug-likeness (QED) is 0.774. The van der Waals surface area contributed by atoms with Crippen molar-refractivity contribution < 1.29 is 14.4 Å². The minimum atomic E-state index is -0.531. The second-order valence-corrected chi connectivity index (χ2v) is 8.60. The number of carbonyl (C=O) groups is 3. The number of hydrogen-bond donors (Lipinski definition) is 1. The van der Waals surface area contributed by atoms with E-state index in [-0.39, 0.29) is 11.9 Å². The summed E-state index contributed by atoms with van der Waals surface area (Å²) in [5.74, 6) is -1.08. The SMILES string of the molecule is Cc1nc(Cc2ccccc2)sc1C(=O)N1CCN(C(=O)C(=O)NC2CC2)CC1. The van der Waals surface area contributed by atoms with E-state index in [1.165, 1.54) is 16.2 Å². The van der Waals surface area contributed by atoms with E-state index in [9.17, 15) is 14.4 Å². The highest BCUT2D eigenvalue weighted by atomic mass is 32.1. The van der Waals surface area contributed by atoms with Crippen molar-refractivity contribution in [2.24, 2.45) is 0 Å². The molecule has 152 valence electrons. The van der Waals surface area contributed by atoms with Gasteiger partial charge in [-0.15, -0.1) is 11.3 Å². The summed E-state index contributed by atoms with van der Waals surface area (Å²) in [6, 6.07) is 10.2. The van der Waals surface area contributed by atoms with Gasteiger partial charge in [0.1, 0.15) is 4.88 Å². The summed E-state index contributed by atoms with van der Waals surface area (Å²) in [7, 11) is 0. The van der Waals surface area contributed by atoms with E-state index < -0.39 is 11.8 Å². The lowest BCUT2D eigenvalue weighted by atomic mass is 10.2. The maximum absolute atomic E-state index is 13.0. The summed E-state index contributed by atoms with van der Waals surface area (Å²) in [4.78, 5) is 45.6. The van der Waals surface area contributed by atoms with Gasteiger partial charge in [0.15, 0.2) is 0 Å². The molecule has 0 unspecified atom stereocenters. The molecule has 7 nitrogen and oxygen atoms in total. The first-order chi connectivity index (χ1) is 14.0. The Kier molecular flexibility index (Phi) is 5.62. The van der Waals surface area contributed by atoms with Crippen molar-refractivity contribution in [1.82, 2.24) is 20.1 Å². The summed E-state index contributed by atoms with van der Waals surface area (Å²) >= 11 is 1.43. The second-order valence-electron chi connectivity index (χ2n) is 7.52. The number of nitrogens with zero attached hydrogens (tertiary/aromatic N) is 3. The Bertz CT molecular complexity index is 915. The molecule has 1 aliphatic carbocycles. The number of amides is 3. The van der Waals surface area contributed by atoms with Crippen LogP contribution in [0.5, 0.6) is 0 Å². The molecule has 8 heteroatoms. The van der Waals surface area contributed by atoms with E-state index >= 15 is 0 Å². The average Bonchev–Trinajstić information content (AvgIpc) is 3.48. The number of nitrogens with one attached hydrogen (secondary N) is 1. The minimum Gasteiger partial charge on any atom is -0.345 e. The Morgan fingerprint density at radius 1 is 1.07 bits per heavy atom. The molecule has 1 aromatic heterocycles. The van der Waals surface area contributed by atoms with Gasteiger partial charge in [-0.3, -0.25) is 14.4 Å². The number of benzene rings is 1. The van der Waals surface area contributed by atoms with E-state index in [4.69, 9.17) is 0 Å². The minimum absolute atomic E-state index is 0.0474. The maximum atomic E-state index is 13.0. The largest absolute Gasteiger partial charge is 0.345 e. The van der Waals surface area contributed by atoms with Crippen molar-refractivity contribution in [2.75, 3.05) is 26.2 Å². The van der Waals surface area contributed by atoms with Gasteiger partial charge >= 0.3 is 11.8 Å². The Labute approximate surface area is 173 Å². The van der Waals surface area contributed by atoms with Crippen LogP contribution in [-0.4, -0.2) is 64.7 Å². The second kappa shape index (κ2) is 8.32. The topological polar surface area (TPSA) is 82.6 Å². The Morgan fingerprint density at radius 2 is 1.72 bits per heavy atom. The molecule has 2 aliphatic rings. The molecule has 1 aliphatic heterocycles. The molecular weight excluding hydrogens is 388 g/mol. The number of thiazole rings is 1. The fraction of sp³-hybridized carbons (Fsp3) is 0.429. The molecule has 29 heavy (non-hydrogen) atoms. The number of piperazine rings is 1. The van der Waals surface area contributed by atoms with Crippen LogP contribution in [0, 0.1) is 6.92 Å². The van der Waals surface area contributed by atoms with Crippen molar-refractivity contribution >= 4 is 29.1 Å². The van der Waals surface area contributed by atoms with Gasteiger partial charge in [-0.05, 0) is 25.3 Å². The third kappa shape index (κ3) is 4.64. The lowest BCUT2D eigenvalue weighted by Gasteiger charge is -2.34. The Hall–Kier alpha value is -2.74. The zero-order chi connectivity index (χ0) is 20.4. The Balaban J connectivity index is 1.34. The monoisotopic (exact) mass is 412 g/mol. The van der Waals surface area contributed by atoms with Crippen LogP contribution >= 0.6 is 11.3 Å². The zero-order valence-corrected chi connectivity index (χ0v) is 17.2. The summed E-state index contributed by atoms with van der Waals surface area (Å²) in [5.41, 5.74) is 1.91. The first-order valence-electron chi connectivity index (χ1n) is 9.90. The number of hydrogen-bond acceptors (Lipinski definition) is 5. The van der Waals surface area contributed by atoms with Crippen molar-refractivity contribution in [3.05, 3.63) is 51.5 Å². The van der Waals surface area contributed by atoms with Crippen LogP contribution in [0.1, 0.15) is 38.8 Å². The van der Waals surface area contributed by atoms with Crippen molar-refractivity contribution in [2.45, 2.75) is 32.2 Å². The molecule has 0 spiro atoms. The van der Waals surface area contributed by atoms with E-state index in [1.807, 2.05) is 37.3 Å². The summed E-state index contributed by atoms with van der Waals surface area (Å²) < 4.78 is 0. The van der Waals surface area contributed by atoms with Gasteiger partial charge in [0, 0.05) is 38.6 Å². The van der Waals surface area contributed by atoms with Crippen LogP contribution in [0.4, 0.5) is 0 Å². The molecular formula is C21H24N4O3S. The van der Waals surface area contributed by atoms with Gasteiger partial charge in [0.25, 0.3) is 5.91 Å². The highest BCUT2D eigenvalue weighted by Crippen LogP contribution is 2.23. The van der Waals surface area contributed by atoms with E-state index in [1.54, 1.807) is 4.90 Å². The number of aryl methyl sites for hydroxylation is 1. The highest BCUT2D eigenvalue weighted by Gasteiger charge is 2.32. The standard InChI is InChI=1S/C21H24N4O3S/c1-14-18(29-17(22-14)13-15-5-3-2-4-6-15)20(27)24-9-11-25(12-10-24)21(28)19(26)23-16-7-8-16/h2-6,16H,7-13H2,1H3,(H,23,26).